The summed E-state index contributed by atoms with van der Waals surface area (Å²) < 4.78 is 0. The standard InChI is InChI=1S/C31H34N4O2/c1-3-17-35(18-4-2)31(37)26-19-24-15-16-25(20-27(24)33-28(32)21-26)30(36)34-29(22-11-7-5-8-12-22)23-13-9-6-10-14-23/h5-16,19-20,29H,3-4,17-18,21H2,1-2H3,(H2,32,33)(H,34,36). The largest absolute Gasteiger partial charge is 0.387 e. The molecule has 190 valence electrons. The van der Waals surface area contributed by atoms with Crippen molar-refractivity contribution in [1.82, 2.24) is 10.2 Å². The van der Waals surface area contributed by atoms with Crippen LogP contribution in [0.25, 0.3) is 6.08 Å². The van der Waals surface area contributed by atoms with Gasteiger partial charge in [-0.05, 0) is 42.2 Å². The lowest BCUT2D eigenvalue weighted by Crippen LogP contribution is -2.34. The average Bonchev–Trinajstić information content (AvgIpc) is 3.09. The van der Waals surface area contributed by atoms with Crippen molar-refractivity contribution < 1.29 is 9.59 Å². The van der Waals surface area contributed by atoms with E-state index >= 15 is 0 Å². The number of hydrogen-bond donors (Lipinski definition) is 2. The van der Waals surface area contributed by atoms with Gasteiger partial charge in [-0.1, -0.05) is 80.6 Å². The van der Waals surface area contributed by atoms with E-state index in [1.807, 2.05) is 77.7 Å². The van der Waals surface area contributed by atoms with Gasteiger partial charge < -0.3 is 16.0 Å². The molecule has 4 rings (SSSR count). The Morgan fingerprint density at radius 2 is 1.51 bits per heavy atom. The lowest BCUT2D eigenvalue weighted by atomic mass is 9.98. The number of benzene rings is 3. The van der Waals surface area contributed by atoms with Crippen molar-refractivity contribution in [2.75, 3.05) is 13.1 Å². The third-order valence-electron chi connectivity index (χ3n) is 6.35. The molecule has 1 heterocycles. The predicted molar refractivity (Wildman–Crippen MR) is 150 cm³/mol. The van der Waals surface area contributed by atoms with Gasteiger partial charge in [0.1, 0.15) is 5.84 Å². The van der Waals surface area contributed by atoms with Gasteiger partial charge in [-0.15, -0.1) is 0 Å². The van der Waals surface area contributed by atoms with Crippen LogP contribution in [0.1, 0.15) is 66.2 Å². The van der Waals surface area contributed by atoms with E-state index in [4.69, 9.17) is 5.73 Å². The highest BCUT2D eigenvalue weighted by molar-refractivity contribution is 6.06. The van der Waals surface area contributed by atoms with Crippen molar-refractivity contribution in [3.63, 3.8) is 0 Å². The molecule has 6 heteroatoms. The van der Waals surface area contributed by atoms with E-state index < -0.39 is 0 Å². The molecule has 1 aliphatic rings. The van der Waals surface area contributed by atoms with E-state index in [1.54, 1.807) is 12.1 Å². The Morgan fingerprint density at radius 1 is 0.919 bits per heavy atom. The van der Waals surface area contributed by atoms with Crippen molar-refractivity contribution >= 4 is 29.4 Å². The molecule has 2 amide bonds. The number of nitrogens with one attached hydrogen (secondary N) is 1. The molecular weight excluding hydrogens is 460 g/mol. The zero-order valence-corrected chi connectivity index (χ0v) is 21.5. The van der Waals surface area contributed by atoms with Gasteiger partial charge in [-0.3, -0.25) is 9.59 Å². The van der Waals surface area contributed by atoms with E-state index in [9.17, 15) is 9.59 Å². The number of amides is 2. The quantitative estimate of drug-likeness (QED) is 0.404. The van der Waals surface area contributed by atoms with Gasteiger partial charge in [0.15, 0.2) is 0 Å². The first-order valence-corrected chi connectivity index (χ1v) is 12.9. The van der Waals surface area contributed by atoms with Crippen LogP contribution in [0.4, 0.5) is 5.69 Å². The number of rotatable bonds is 9. The zero-order valence-electron chi connectivity index (χ0n) is 21.5. The van der Waals surface area contributed by atoms with Crippen molar-refractivity contribution in [1.29, 1.82) is 0 Å². The first-order chi connectivity index (χ1) is 18.0. The van der Waals surface area contributed by atoms with E-state index in [0.717, 1.165) is 29.5 Å². The number of nitrogens with zero attached hydrogens (tertiary/aromatic N) is 2. The summed E-state index contributed by atoms with van der Waals surface area (Å²) >= 11 is 0. The summed E-state index contributed by atoms with van der Waals surface area (Å²) in [5.74, 6) is 0.135. The molecule has 0 unspecified atom stereocenters. The Kier molecular flexibility index (Phi) is 8.52. The third kappa shape index (κ3) is 6.33. The lowest BCUT2D eigenvalue weighted by Gasteiger charge is -2.22. The van der Waals surface area contributed by atoms with Gasteiger partial charge in [0.05, 0.1) is 11.7 Å². The average molecular weight is 495 g/mol. The molecule has 37 heavy (non-hydrogen) atoms. The number of aliphatic imine (C=N–C) groups is 1. The maximum atomic E-state index is 13.4. The van der Waals surface area contributed by atoms with Gasteiger partial charge in [0, 0.05) is 36.2 Å². The molecule has 0 atom stereocenters. The van der Waals surface area contributed by atoms with Crippen LogP contribution in [0.15, 0.2) is 89.4 Å². The predicted octanol–water partition coefficient (Wildman–Crippen LogP) is 5.63. The second-order valence-electron chi connectivity index (χ2n) is 9.24. The second kappa shape index (κ2) is 12.2. The SMILES string of the molecule is CCCN(CCC)C(=O)C1=Cc2ccc(C(=O)NC(c3ccccc3)c3ccccc3)cc2N=C(N)C1. The van der Waals surface area contributed by atoms with E-state index in [-0.39, 0.29) is 24.3 Å². The molecule has 6 nitrogen and oxygen atoms in total. The fourth-order valence-corrected chi connectivity index (χ4v) is 4.59. The summed E-state index contributed by atoms with van der Waals surface area (Å²) in [7, 11) is 0. The monoisotopic (exact) mass is 494 g/mol. The number of carbonyl (C=O) groups excluding carboxylic acids is 2. The molecule has 0 fully saturated rings. The van der Waals surface area contributed by atoms with Crippen LogP contribution < -0.4 is 11.1 Å². The summed E-state index contributed by atoms with van der Waals surface area (Å²) in [6.45, 7) is 5.54. The minimum atomic E-state index is -0.297. The van der Waals surface area contributed by atoms with Gasteiger partial charge in [-0.2, -0.15) is 0 Å². The fraction of sp³-hybridized carbons (Fsp3) is 0.258. The number of nitrogens with two attached hydrogens (primary N) is 1. The maximum absolute atomic E-state index is 13.4. The number of carbonyl (C=O) groups is 2. The van der Waals surface area contributed by atoms with Crippen LogP contribution in [0.2, 0.25) is 0 Å². The van der Waals surface area contributed by atoms with Gasteiger partial charge >= 0.3 is 0 Å². The zero-order chi connectivity index (χ0) is 26.2. The molecule has 0 saturated heterocycles. The van der Waals surface area contributed by atoms with Gasteiger partial charge in [0.2, 0.25) is 5.91 Å². The summed E-state index contributed by atoms with van der Waals surface area (Å²) in [4.78, 5) is 33.1. The molecule has 3 N–H and O–H groups in total. The summed E-state index contributed by atoms with van der Waals surface area (Å²) in [6, 6.07) is 24.8. The van der Waals surface area contributed by atoms with Crippen molar-refractivity contribution in [2.45, 2.75) is 39.2 Å². The third-order valence-corrected chi connectivity index (χ3v) is 6.35. The van der Waals surface area contributed by atoms with Crippen molar-refractivity contribution in [3.8, 4) is 0 Å². The number of amidine groups is 1. The molecule has 0 aromatic heterocycles. The first kappa shape index (κ1) is 25.9. The smallest absolute Gasteiger partial charge is 0.252 e. The van der Waals surface area contributed by atoms with Crippen LogP contribution in [0.3, 0.4) is 0 Å². The van der Waals surface area contributed by atoms with Crippen LogP contribution >= 0.6 is 0 Å². The summed E-state index contributed by atoms with van der Waals surface area (Å²) in [5.41, 5.74) is 10.7. The molecule has 1 aliphatic heterocycles. The highest BCUT2D eigenvalue weighted by Gasteiger charge is 2.22. The maximum Gasteiger partial charge on any atom is 0.252 e. The van der Waals surface area contributed by atoms with E-state index in [2.05, 4.69) is 24.2 Å². The molecule has 0 radical (unpaired) electrons. The lowest BCUT2D eigenvalue weighted by molar-refractivity contribution is -0.127. The molecule has 3 aromatic rings. The molecule has 0 bridgehead atoms. The van der Waals surface area contributed by atoms with Crippen molar-refractivity contribution in [3.05, 3.63) is 107 Å². The summed E-state index contributed by atoms with van der Waals surface area (Å²) in [5, 5.41) is 3.17. The van der Waals surface area contributed by atoms with Crippen molar-refractivity contribution in [2.24, 2.45) is 10.7 Å². The molecule has 0 aliphatic carbocycles. The molecule has 0 saturated carbocycles. The van der Waals surface area contributed by atoms with Gasteiger partial charge in [-0.25, -0.2) is 4.99 Å². The Bertz CT molecular complexity index is 1250. The van der Waals surface area contributed by atoms with Crippen LogP contribution in [0.5, 0.6) is 0 Å². The Morgan fingerprint density at radius 3 is 2.08 bits per heavy atom. The van der Waals surface area contributed by atoms with Gasteiger partial charge in [0.25, 0.3) is 5.91 Å². The normalized spacial score (nSPS) is 12.7. The van der Waals surface area contributed by atoms with E-state index in [0.29, 0.717) is 35.7 Å². The minimum absolute atomic E-state index is 0.00918. The Labute approximate surface area is 218 Å². The summed E-state index contributed by atoms with van der Waals surface area (Å²) in [6.07, 6.45) is 3.93. The minimum Gasteiger partial charge on any atom is -0.387 e. The first-order valence-electron chi connectivity index (χ1n) is 12.9. The fourth-order valence-electron chi connectivity index (χ4n) is 4.59. The van der Waals surface area contributed by atoms with Crippen LogP contribution in [-0.2, 0) is 4.79 Å². The number of hydrogen-bond acceptors (Lipinski definition) is 4. The molecular formula is C31H34N4O2. The Hall–Kier alpha value is -4.19. The Balaban J connectivity index is 1.62. The topological polar surface area (TPSA) is 87.8 Å². The number of fused-ring (bicyclic) bond motifs is 1. The highest BCUT2D eigenvalue weighted by Crippen LogP contribution is 2.29. The highest BCUT2D eigenvalue weighted by atomic mass is 16.2. The van der Waals surface area contributed by atoms with Crippen LogP contribution in [0, 0.1) is 0 Å². The second-order valence-corrected chi connectivity index (χ2v) is 9.24. The molecule has 0 spiro atoms. The molecule has 3 aromatic carbocycles. The van der Waals surface area contributed by atoms with E-state index in [1.165, 1.54) is 0 Å². The van der Waals surface area contributed by atoms with Crippen LogP contribution in [-0.4, -0.2) is 35.6 Å².